The van der Waals surface area contributed by atoms with Gasteiger partial charge < -0.3 is 10.2 Å². The van der Waals surface area contributed by atoms with Gasteiger partial charge in [-0.2, -0.15) is 0 Å². The number of phenolic OH excluding ortho intramolecular Hbond substituents is 1. The summed E-state index contributed by atoms with van der Waals surface area (Å²) in [5.41, 5.74) is 0.766. The monoisotopic (exact) mass is 192 g/mol. The summed E-state index contributed by atoms with van der Waals surface area (Å²) in [6.07, 6.45) is 1.57. The van der Waals surface area contributed by atoms with Crippen LogP contribution < -0.4 is 0 Å². The topological polar surface area (TPSA) is 57.5 Å². The Hall–Kier alpha value is -1.77. The number of phenols is 1. The van der Waals surface area contributed by atoms with E-state index in [9.17, 15) is 9.90 Å². The van der Waals surface area contributed by atoms with Crippen LogP contribution in [0.15, 0.2) is 36.9 Å². The summed E-state index contributed by atoms with van der Waals surface area (Å²) in [6, 6.07) is 6.55. The summed E-state index contributed by atoms with van der Waals surface area (Å²) in [5.74, 6) is -0.988. The molecule has 0 fully saturated rings. The van der Waals surface area contributed by atoms with Gasteiger partial charge in [0.2, 0.25) is 0 Å². The Morgan fingerprint density at radius 1 is 1.57 bits per heavy atom. The van der Waals surface area contributed by atoms with E-state index in [1.165, 1.54) is 0 Å². The average molecular weight is 192 g/mol. The van der Waals surface area contributed by atoms with Crippen LogP contribution in [0.3, 0.4) is 0 Å². The molecule has 1 aromatic carbocycles. The van der Waals surface area contributed by atoms with E-state index < -0.39 is 5.97 Å². The van der Waals surface area contributed by atoms with Crippen molar-refractivity contribution in [2.24, 2.45) is 0 Å². The molecule has 0 spiro atoms. The molecule has 0 aliphatic rings. The Labute approximate surface area is 82.3 Å². The molecule has 3 heteroatoms. The number of hydrogen-bond acceptors (Lipinski definition) is 2. The third-order valence-corrected chi connectivity index (χ3v) is 1.98. The van der Waals surface area contributed by atoms with E-state index in [2.05, 4.69) is 6.58 Å². The molecule has 0 unspecified atom stereocenters. The highest BCUT2D eigenvalue weighted by Crippen LogP contribution is 2.23. The van der Waals surface area contributed by atoms with Gasteiger partial charge in [0.1, 0.15) is 5.75 Å². The number of benzene rings is 1. The van der Waals surface area contributed by atoms with Crippen molar-refractivity contribution in [2.45, 2.75) is 12.3 Å². The number of hydrogen-bond donors (Lipinski definition) is 2. The number of carboxylic acids is 1. The Balaban J connectivity index is 2.89. The highest BCUT2D eigenvalue weighted by molar-refractivity contribution is 5.68. The Morgan fingerprint density at radius 3 is 2.79 bits per heavy atom. The van der Waals surface area contributed by atoms with Crippen LogP contribution in [0.2, 0.25) is 0 Å². The molecule has 0 amide bonds. The molecular weight excluding hydrogens is 180 g/mol. The SMILES string of the molecule is C=C[C@H](CC(=O)O)c1cccc(O)c1. The zero-order valence-electron chi connectivity index (χ0n) is 7.68. The fourth-order valence-electron chi connectivity index (χ4n) is 1.28. The zero-order valence-corrected chi connectivity index (χ0v) is 7.68. The molecule has 0 saturated carbocycles. The van der Waals surface area contributed by atoms with Crippen molar-refractivity contribution < 1.29 is 15.0 Å². The van der Waals surface area contributed by atoms with E-state index in [1.807, 2.05) is 0 Å². The smallest absolute Gasteiger partial charge is 0.304 e. The number of allylic oxidation sites excluding steroid dienone is 1. The first-order chi connectivity index (χ1) is 6.63. The van der Waals surface area contributed by atoms with Gasteiger partial charge >= 0.3 is 5.97 Å². The maximum atomic E-state index is 10.5. The van der Waals surface area contributed by atoms with Crippen LogP contribution in [0.25, 0.3) is 0 Å². The van der Waals surface area contributed by atoms with Gasteiger partial charge in [-0.1, -0.05) is 18.2 Å². The lowest BCUT2D eigenvalue weighted by Gasteiger charge is -2.09. The van der Waals surface area contributed by atoms with Gasteiger partial charge in [0.05, 0.1) is 6.42 Å². The van der Waals surface area contributed by atoms with Gasteiger partial charge in [-0.3, -0.25) is 4.79 Å². The minimum atomic E-state index is -0.877. The quantitative estimate of drug-likeness (QED) is 0.718. The second-order valence-electron chi connectivity index (χ2n) is 3.04. The predicted octanol–water partition coefficient (Wildman–Crippen LogP) is 2.14. The van der Waals surface area contributed by atoms with Crippen molar-refractivity contribution in [1.29, 1.82) is 0 Å². The Morgan fingerprint density at radius 2 is 2.29 bits per heavy atom. The molecule has 74 valence electrons. The highest BCUT2D eigenvalue weighted by atomic mass is 16.4. The summed E-state index contributed by atoms with van der Waals surface area (Å²) >= 11 is 0. The first kappa shape index (κ1) is 10.3. The molecule has 1 rings (SSSR count). The summed E-state index contributed by atoms with van der Waals surface area (Å²) < 4.78 is 0. The molecule has 1 atom stereocenters. The van der Waals surface area contributed by atoms with E-state index >= 15 is 0 Å². The van der Waals surface area contributed by atoms with E-state index in [4.69, 9.17) is 5.11 Å². The maximum absolute atomic E-state index is 10.5. The second kappa shape index (κ2) is 4.46. The molecule has 3 nitrogen and oxygen atoms in total. The van der Waals surface area contributed by atoms with Crippen LogP contribution in [0.4, 0.5) is 0 Å². The van der Waals surface area contributed by atoms with E-state index in [0.717, 1.165) is 5.56 Å². The summed E-state index contributed by atoms with van der Waals surface area (Å²) in [6.45, 7) is 3.58. The number of carbonyl (C=O) groups is 1. The zero-order chi connectivity index (χ0) is 10.6. The number of carboxylic acid groups (broad SMARTS) is 1. The van der Waals surface area contributed by atoms with E-state index in [0.29, 0.717) is 0 Å². The minimum Gasteiger partial charge on any atom is -0.508 e. The predicted molar refractivity (Wildman–Crippen MR) is 53.3 cm³/mol. The van der Waals surface area contributed by atoms with Gasteiger partial charge in [-0.15, -0.1) is 6.58 Å². The molecule has 2 N–H and O–H groups in total. The molecule has 14 heavy (non-hydrogen) atoms. The highest BCUT2D eigenvalue weighted by Gasteiger charge is 2.11. The van der Waals surface area contributed by atoms with Crippen LogP contribution in [-0.2, 0) is 4.79 Å². The van der Waals surface area contributed by atoms with Crippen molar-refractivity contribution in [3.63, 3.8) is 0 Å². The summed E-state index contributed by atoms with van der Waals surface area (Å²) in [4.78, 5) is 10.5. The van der Waals surface area contributed by atoms with Crippen molar-refractivity contribution in [1.82, 2.24) is 0 Å². The van der Waals surface area contributed by atoms with E-state index in [1.54, 1.807) is 30.3 Å². The lowest BCUT2D eigenvalue weighted by molar-refractivity contribution is -0.137. The van der Waals surface area contributed by atoms with Gasteiger partial charge in [0.15, 0.2) is 0 Å². The number of aromatic hydroxyl groups is 1. The van der Waals surface area contributed by atoms with Crippen LogP contribution in [-0.4, -0.2) is 16.2 Å². The molecule has 1 aromatic rings. The van der Waals surface area contributed by atoms with Crippen molar-refractivity contribution in [3.05, 3.63) is 42.5 Å². The van der Waals surface area contributed by atoms with Crippen LogP contribution in [0.5, 0.6) is 5.75 Å². The first-order valence-electron chi connectivity index (χ1n) is 4.26. The molecular formula is C11H12O3. The van der Waals surface area contributed by atoms with Gasteiger partial charge in [0, 0.05) is 5.92 Å². The normalized spacial score (nSPS) is 12.0. The molecule has 0 bridgehead atoms. The molecule has 0 aromatic heterocycles. The standard InChI is InChI=1S/C11H12O3/c1-2-8(7-11(13)14)9-4-3-5-10(12)6-9/h2-6,8,12H,1,7H2,(H,13,14)/t8-/m1/s1. The summed E-state index contributed by atoms with van der Waals surface area (Å²) in [7, 11) is 0. The van der Waals surface area contributed by atoms with Gasteiger partial charge in [0.25, 0.3) is 0 Å². The van der Waals surface area contributed by atoms with Crippen molar-refractivity contribution in [3.8, 4) is 5.75 Å². The van der Waals surface area contributed by atoms with Crippen LogP contribution in [0, 0.1) is 0 Å². The van der Waals surface area contributed by atoms with Crippen molar-refractivity contribution in [2.75, 3.05) is 0 Å². The van der Waals surface area contributed by atoms with Crippen LogP contribution >= 0.6 is 0 Å². The lowest BCUT2D eigenvalue weighted by Crippen LogP contribution is -2.03. The fourth-order valence-corrected chi connectivity index (χ4v) is 1.28. The minimum absolute atomic E-state index is 0.00699. The summed E-state index contributed by atoms with van der Waals surface area (Å²) in [5, 5.41) is 17.8. The second-order valence-corrected chi connectivity index (χ2v) is 3.04. The largest absolute Gasteiger partial charge is 0.508 e. The van der Waals surface area contributed by atoms with E-state index in [-0.39, 0.29) is 18.1 Å². The molecule has 0 radical (unpaired) electrons. The molecule has 0 heterocycles. The molecule has 0 saturated heterocycles. The maximum Gasteiger partial charge on any atom is 0.304 e. The lowest BCUT2D eigenvalue weighted by atomic mass is 9.96. The van der Waals surface area contributed by atoms with Crippen LogP contribution in [0.1, 0.15) is 17.9 Å². The molecule has 0 aliphatic heterocycles. The average Bonchev–Trinajstić information content (AvgIpc) is 2.14. The Bertz CT molecular complexity index is 344. The van der Waals surface area contributed by atoms with Gasteiger partial charge in [-0.25, -0.2) is 0 Å². The number of rotatable bonds is 4. The molecule has 0 aliphatic carbocycles. The van der Waals surface area contributed by atoms with Crippen molar-refractivity contribution >= 4 is 5.97 Å². The third kappa shape index (κ3) is 2.62. The number of aliphatic carboxylic acids is 1. The van der Waals surface area contributed by atoms with Gasteiger partial charge in [-0.05, 0) is 17.7 Å². The first-order valence-corrected chi connectivity index (χ1v) is 4.26. The fraction of sp³-hybridized carbons (Fsp3) is 0.182. The third-order valence-electron chi connectivity index (χ3n) is 1.98. The Kier molecular flexibility index (Phi) is 3.29.